The minimum Gasteiger partial charge on any atom is -0.494 e. The Morgan fingerprint density at radius 2 is 1.67 bits per heavy atom. The molecule has 1 atom stereocenters. The number of sulfonamides is 1. The minimum atomic E-state index is -4.17. The molecule has 3 aromatic rings. The molecule has 0 heterocycles. The molecule has 0 saturated heterocycles. The number of benzene rings is 3. The summed E-state index contributed by atoms with van der Waals surface area (Å²) >= 11 is 5.99. The molecule has 0 aliphatic rings. The van der Waals surface area contributed by atoms with Gasteiger partial charge in [0.2, 0.25) is 11.8 Å². The van der Waals surface area contributed by atoms with E-state index in [0.717, 1.165) is 15.4 Å². The fourth-order valence-electron chi connectivity index (χ4n) is 4.05. The summed E-state index contributed by atoms with van der Waals surface area (Å²) in [5.41, 5.74) is 2.11. The number of hydrogen-bond donors (Lipinski definition) is 1. The zero-order chi connectivity index (χ0) is 28.6. The van der Waals surface area contributed by atoms with Crippen LogP contribution in [0.5, 0.6) is 5.75 Å². The average Bonchev–Trinajstić information content (AvgIpc) is 2.91. The summed E-state index contributed by atoms with van der Waals surface area (Å²) in [5.74, 6) is -0.282. The molecule has 0 unspecified atom stereocenters. The lowest BCUT2D eigenvalue weighted by atomic mass is 10.1. The number of nitrogens with one attached hydrogen (secondary N) is 1. The predicted molar refractivity (Wildman–Crippen MR) is 153 cm³/mol. The van der Waals surface area contributed by atoms with E-state index in [0.29, 0.717) is 23.9 Å². The molecule has 10 heteroatoms. The highest BCUT2D eigenvalue weighted by Crippen LogP contribution is 2.27. The van der Waals surface area contributed by atoms with Gasteiger partial charge in [0, 0.05) is 18.1 Å². The molecule has 3 aromatic carbocycles. The lowest BCUT2D eigenvalue weighted by molar-refractivity contribution is -0.139. The van der Waals surface area contributed by atoms with E-state index in [9.17, 15) is 18.0 Å². The van der Waals surface area contributed by atoms with Crippen LogP contribution in [0.15, 0.2) is 77.7 Å². The molecule has 39 heavy (non-hydrogen) atoms. The Morgan fingerprint density at radius 1 is 1.00 bits per heavy atom. The molecule has 8 nitrogen and oxygen atoms in total. The average molecular weight is 572 g/mol. The summed E-state index contributed by atoms with van der Waals surface area (Å²) in [6, 6.07) is 19.0. The topological polar surface area (TPSA) is 96.0 Å². The summed E-state index contributed by atoms with van der Waals surface area (Å²) in [6.45, 7) is 7.69. The molecule has 3 rings (SSSR count). The Balaban J connectivity index is 2.03. The van der Waals surface area contributed by atoms with Crippen LogP contribution < -0.4 is 14.4 Å². The molecule has 2 amide bonds. The van der Waals surface area contributed by atoms with Gasteiger partial charge in [0.25, 0.3) is 10.0 Å². The molecular formula is C29H34ClN3O5S. The van der Waals surface area contributed by atoms with Crippen molar-refractivity contribution in [2.45, 2.75) is 45.2 Å². The van der Waals surface area contributed by atoms with Gasteiger partial charge in [-0.1, -0.05) is 41.4 Å². The fraction of sp³-hybridized carbons (Fsp3) is 0.310. The Kier molecular flexibility index (Phi) is 10.4. The van der Waals surface area contributed by atoms with Crippen molar-refractivity contribution in [1.82, 2.24) is 10.2 Å². The van der Waals surface area contributed by atoms with Gasteiger partial charge < -0.3 is 15.0 Å². The van der Waals surface area contributed by atoms with Crippen LogP contribution in [-0.4, -0.2) is 50.9 Å². The van der Waals surface area contributed by atoms with Gasteiger partial charge >= 0.3 is 0 Å². The smallest absolute Gasteiger partial charge is 0.264 e. The molecule has 0 bridgehead atoms. The Bertz CT molecular complexity index is 1380. The summed E-state index contributed by atoms with van der Waals surface area (Å²) in [5, 5.41) is 3.14. The third-order valence-electron chi connectivity index (χ3n) is 6.07. The van der Waals surface area contributed by atoms with Crippen LogP contribution in [0.4, 0.5) is 5.69 Å². The number of carbonyl (C=O) groups is 2. The molecule has 1 N–H and O–H groups in total. The first-order chi connectivity index (χ1) is 18.6. The molecule has 208 valence electrons. The van der Waals surface area contributed by atoms with Crippen LogP contribution in [0, 0.1) is 6.92 Å². The van der Waals surface area contributed by atoms with Crippen LogP contribution in [0.25, 0.3) is 0 Å². The summed E-state index contributed by atoms with van der Waals surface area (Å²) in [4.78, 5) is 28.0. The second kappa shape index (κ2) is 13.5. The molecule has 0 aliphatic carbocycles. The first kappa shape index (κ1) is 30.0. The van der Waals surface area contributed by atoms with E-state index in [4.69, 9.17) is 16.3 Å². The van der Waals surface area contributed by atoms with E-state index in [1.807, 2.05) is 38.1 Å². The van der Waals surface area contributed by atoms with Crippen molar-refractivity contribution in [1.29, 1.82) is 0 Å². The first-order valence-corrected chi connectivity index (χ1v) is 14.5. The van der Waals surface area contributed by atoms with Gasteiger partial charge in [-0.05, 0) is 81.8 Å². The van der Waals surface area contributed by atoms with Crippen molar-refractivity contribution < 1.29 is 22.7 Å². The van der Waals surface area contributed by atoms with Gasteiger partial charge in [-0.2, -0.15) is 0 Å². The molecule has 0 saturated carbocycles. The summed E-state index contributed by atoms with van der Waals surface area (Å²) in [6.07, 6.45) is 0. The van der Waals surface area contributed by atoms with E-state index in [1.54, 1.807) is 38.1 Å². The monoisotopic (exact) mass is 571 g/mol. The van der Waals surface area contributed by atoms with E-state index < -0.39 is 28.5 Å². The van der Waals surface area contributed by atoms with Crippen LogP contribution in [0.3, 0.4) is 0 Å². The SMILES string of the molecule is CCNC(=O)[C@H](C)N(Cc1cccc(C)c1)C(=O)CN(c1ccc(OCC)cc1)S(=O)(=O)c1ccc(Cl)cc1. The Hall–Kier alpha value is -3.56. The normalized spacial score (nSPS) is 11.9. The third-order valence-corrected chi connectivity index (χ3v) is 8.11. The van der Waals surface area contributed by atoms with Crippen molar-refractivity contribution in [3.8, 4) is 5.75 Å². The van der Waals surface area contributed by atoms with Gasteiger partial charge in [0.15, 0.2) is 0 Å². The Labute approximate surface area is 235 Å². The number of amides is 2. The fourth-order valence-corrected chi connectivity index (χ4v) is 5.59. The number of likely N-dealkylation sites (N-methyl/N-ethyl adjacent to an activating group) is 1. The highest BCUT2D eigenvalue weighted by Gasteiger charge is 2.32. The highest BCUT2D eigenvalue weighted by atomic mass is 35.5. The lowest BCUT2D eigenvalue weighted by Crippen LogP contribution is -2.51. The number of nitrogens with zero attached hydrogens (tertiary/aromatic N) is 2. The molecule has 0 fully saturated rings. The number of aryl methyl sites for hydroxylation is 1. The molecule has 0 spiro atoms. The van der Waals surface area contributed by atoms with Gasteiger partial charge in [0.1, 0.15) is 18.3 Å². The third kappa shape index (κ3) is 7.74. The van der Waals surface area contributed by atoms with Gasteiger partial charge in [-0.3, -0.25) is 13.9 Å². The molecular weight excluding hydrogens is 538 g/mol. The van der Waals surface area contributed by atoms with Gasteiger partial charge in [-0.25, -0.2) is 8.42 Å². The standard InChI is InChI=1S/C29H34ClN3O5S/c1-5-31-29(35)22(4)32(19-23-9-7-8-21(3)18-23)28(34)20-33(25-12-14-26(15-13-25)38-6-2)39(36,37)27-16-10-24(30)11-17-27/h7-18,22H,5-6,19-20H2,1-4H3,(H,31,35)/t22-/m0/s1. The molecule has 0 radical (unpaired) electrons. The number of hydrogen-bond acceptors (Lipinski definition) is 5. The van der Waals surface area contributed by atoms with E-state index >= 15 is 0 Å². The predicted octanol–water partition coefficient (Wildman–Crippen LogP) is 4.80. The second-order valence-electron chi connectivity index (χ2n) is 8.97. The second-order valence-corrected chi connectivity index (χ2v) is 11.3. The number of carbonyl (C=O) groups excluding carboxylic acids is 2. The van der Waals surface area contributed by atoms with Crippen LogP contribution in [-0.2, 0) is 26.2 Å². The number of halogens is 1. The highest BCUT2D eigenvalue weighted by molar-refractivity contribution is 7.92. The van der Waals surface area contributed by atoms with Crippen LogP contribution >= 0.6 is 11.6 Å². The van der Waals surface area contributed by atoms with Crippen molar-refractivity contribution >= 4 is 39.1 Å². The quantitative estimate of drug-likeness (QED) is 0.337. The van der Waals surface area contributed by atoms with Gasteiger partial charge in [0.05, 0.1) is 17.2 Å². The Morgan fingerprint density at radius 3 is 2.26 bits per heavy atom. The molecule has 0 aliphatic heterocycles. The number of rotatable bonds is 12. The van der Waals surface area contributed by atoms with Crippen molar-refractivity contribution in [2.75, 3.05) is 24.0 Å². The van der Waals surface area contributed by atoms with Crippen molar-refractivity contribution in [2.24, 2.45) is 0 Å². The van der Waals surface area contributed by atoms with Gasteiger partial charge in [-0.15, -0.1) is 0 Å². The first-order valence-electron chi connectivity index (χ1n) is 12.7. The summed E-state index contributed by atoms with van der Waals surface area (Å²) in [7, 11) is -4.17. The summed E-state index contributed by atoms with van der Waals surface area (Å²) < 4.78 is 34.2. The van der Waals surface area contributed by atoms with Crippen LogP contribution in [0.1, 0.15) is 31.9 Å². The van der Waals surface area contributed by atoms with E-state index in [2.05, 4.69) is 5.32 Å². The lowest BCUT2D eigenvalue weighted by Gasteiger charge is -2.32. The zero-order valence-corrected chi connectivity index (χ0v) is 24.1. The maximum absolute atomic E-state index is 13.9. The minimum absolute atomic E-state index is 0.0180. The molecule has 0 aromatic heterocycles. The van der Waals surface area contributed by atoms with Crippen molar-refractivity contribution in [3.05, 3.63) is 88.9 Å². The van der Waals surface area contributed by atoms with Crippen molar-refractivity contribution in [3.63, 3.8) is 0 Å². The van der Waals surface area contributed by atoms with E-state index in [1.165, 1.54) is 29.2 Å². The van der Waals surface area contributed by atoms with E-state index in [-0.39, 0.29) is 23.0 Å². The number of ether oxygens (including phenoxy) is 1. The largest absolute Gasteiger partial charge is 0.494 e. The maximum atomic E-state index is 13.9. The zero-order valence-electron chi connectivity index (χ0n) is 22.6. The maximum Gasteiger partial charge on any atom is 0.264 e. The van der Waals surface area contributed by atoms with Crippen LogP contribution in [0.2, 0.25) is 5.02 Å². The number of anilines is 1.